The maximum atomic E-state index is 12.2. The van der Waals surface area contributed by atoms with Gasteiger partial charge >= 0.3 is 6.61 Å². The number of anilines is 1. The van der Waals surface area contributed by atoms with E-state index >= 15 is 0 Å². The molecule has 0 heterocycles. The Bertz CT molecular complexity index is 502. The van der Waals surface area contributed by atoms with E-state index in [1.165, 1.54) is 12.1 Å². The fraction of sp³-hybridized carbons (Fsp3) is 0.462. The SMILES string of the molecule is CCCC(C)(N)C(=O)Nc1cc(Cl)c(OC(F)F)c(Cl)c1. The number of ether oxygens (including phenoxy) is 1. The lowest BCUT2D eigenvalue weighted by molar-refractivity contribution is -0.120. The summed E-state index contributed by atoms with van der Waals surface area (Å²) in [5.41, 5.74) is 5.09. The molecule has 0 saturated carbocycles. The van der Waals surface area contributed by atoms with E-state index in [2.05, 4.69) is 10.1 Å². The number of carbonyl (C=O) groups is 1. The van der Waals surface area contributed by atoms with Crippen LogP contribution >= 0.6 is 23.2 Å². The van der Waals surface area contributed by atoms with Crippen LogP contribution in [0.15, 0.2) is 12.1 Å². The Hall–Kier alpha value is -1.11. The number of carbonyl (C=O) groups excluding carboxylic acids is 1. The van der Waals surface area contributed by atoms with Crippen molar-refractivity contribution in [3.05, 3.63) is 22.2 Å². The molecule has 1 aromatic rings. The van der Waals surface area contributed by atoms with E-state index in [0.29, 0.717) is 6.42 Å². The van der Waals surface area contributed by atoms with E-state index in [1.54, 1.807) is 6.92 Å². The molecule has 0 fully saturated rings. The Morgan fingerprint density at radius 2 is 1.95 bits per heavy atom. The van der Waals surface area contributed by atoms with Gasteiger partial charge in [-0.25, -0.2) is 0 Å². The van der Waals surface area contributed by atoms with E-state index < -0.39 is 18.1 Å². The molecule has 0 aliphatic carbocycles. The van der Waals surface area contributed by atoms with Crippen molar-refractivity contribution in [2.24, 2.45) is 5.73 Å². The van der Waals surface area contributed by atoms with Crippen molar-refractivity contribution >= 4 is 34.8 Å². The monoisotopic (exact) mass is 340 g/mol. The number of rotatable bonds is 6. The van der Waals surface area contributed by atoms with Crippen LogP contribution in [-0.4, -0.2) is 18.1 Å². The third kappa shape index (κ3) is 4.98. The summed E-state index contributed by atoms with van der Waals surface area (Å²) in [4.78, 5) is 12.0. The molecular weight excluding hydrogens is 325 g/mol. The average molecular weight is 341 g/mol. The Labute approximate surface area is 131 Å². The molecule has 3 N–H and O–H groups in total. The summed E-state index contributed by atoms with van der Waals surface area (Å²) >= 11 is 11.6. The minimum absolute atomic E-state index is 0.132. The zero-order chi connectivity index (χ0) is 16.2. The molecule has 8 heteroatoms. The average Bonchev–Trinajstić information content (AvgIpc) is 2.33. The number of benzene rings is 1. The molecule has 1 rings (SSSR count). The zero-order valence-electron chi connectivity index (χ0n) is 11.6. The van der Waals surface area contributed by atoms with Crippen LogP contribution in [0.3, 0.4) is 0 Å². The minimum Gasteiger partial charge on any atom is -0.432 e. The minimum atomic E-state index is -3.04. The highest BCUT2D eigenvalue weighted by Crippen LogP contribution is 2.37. The normalized spacial score (nSPS) is 13.9. The molecule has 0 aliphatic rings. The summed E-state index contributed by atoms with van der Waals surface area (Å²) in [5, 5.41) is 2.29. The number of hydrogen-bond acceptors (Lipinski definition) is 3. The number of nitrogens with one attached hydrogen (secondary N) is 1. The summed E-state index contributed by atoms with van der Waals surface area (Å²) in [6.07, 6.45) is 1.23. The van der Waals surface area contributed by atoms with Gasteiger partial charge in [0, 0.05) is 5.69 Å². The molecule has 1 atom stereocenters. The van der Waals surface area contributed by atoms with Crippen LogP contribution < -0.4 is 15.8 Å². The maximum absolute atomic E-state index is 12.2. The highest BCUT2D eigenvalue weighted by molar-refractivity contribution is 6.37. The topological polar surface area (TPSA) is 64.4 Å². The molecule has 0 radical (unpaired) electrons. The lowest BCUT2D eigenvalue weighted by atomic mass is 9.96. The van der Waals surface area contributed by atoms with Gasteiger partial charge in [-0.05, 0) is 25.5 Å². The van der Waals surface area contributed by atoms with Gasteiger partial charge in [-0.3, -0.25) is 4.79 Å². The zero-order valence-corrected chi connectivity index (χ0v) is 13.1. The molecule has 0 spiro atoms. The first-order chi connectivity index (χ1) is 9.67. The van der Waals surface area contributed by atoms with E-state index in [9.17, 15) is 13.6 Å². The van der Waals surface area contributed by atoms with Crippen LogP contribution in [0.2, 0.25) is 10.0 Å². The van der Waals surface area contributed by atoms with Crippen molar-refractivity contribution in [1.82, 2.24) is 0 Å². The van der Waals surface area contributed by atoms with Crippen molar-refractivity contribution in [3.63, 3.8) is 0 Å². The van der Waals surface area contributed by atoms with Crippen LogP contribution in [0, 0.1) is 0 Å². The first kappa shape index (κ1) is 17.9. The van der Waals surface area contributed by atoms with E-state index in [4.69, 9.17) is 28.9 Å². The number of hydrogen-bond donors (Lipinski definition) is 2. The summed E-state index contributed by atoms with van der Waals surface area (Å²) in [6.45, 7) is 0.462. The fourth-order valence-electron chi connectivity index (χ4n) is 1.74. The molecule has 0 saturated heterocycles. The van der Waals surface area contributed by atoms with Crippen molar-refractivity contribution < 1.29 is 18.3 Å². The predicted molar refractivity (Wildman–Crippen MR) is 79.2 cm³/mol. The Morgan fingerprint density at radius 1 is 1.43 bits per heavy atom. The van der Waals surface area contributed by atoms with Gasteiger partial charge in [-0.1, -0.05) is 36.5 Å². The van der Waals surface area contributed by atoms with Crippen LogP contribution in [0.4, 0.5) is 14.5 Å². The first-order valence-electron chi connectivity index (χ1n) is 6.21. The highest BCUT2D eigenvalue weighted by Gasteiger charge is 2.27. The van der Waals surface area contributed by atoms with Gasteiger partial charge in [-0.15, -0.1) is 0 Å². The van der Waals surface area contributed by atoms with Crippen LogP contribution in [-0.2, 0) is 4.79 Å². The third-order valence-electron chi connectivity index (χ3n) is 2.75. The van der Waals surface area contributed by atoms with Crippen LogP contribution in [0.1, 0.15) is 26.7 Å². The molecule has 4 nitrogen and oxygen atoms in total. The summed E-state index contributed by atoms with van der Waals surface area (Å²) < 4.78 is 28.6. The Kier molecular flexibility index (Phi) is 6.19. The first-order valence-corrected chi connectivity index (χ1v) is 6.97. The van der Waals surface area contributed by atoms with Gasteiger partial charge in [-0.2, -0.15) is 8.78 Å². The van der Waals surface area contributed by atoms with Gasteiger partial charge in [0.15, 0.2) is 5.75 Å². The van der Waals surface area contributed by atoms with Crippen LogP contribution in [0.5, 0.6) is 5.75 Å². The van der Waals surface area contributed by atoms with Crippen molar-refractivity contribution in [1.29, 1.82) is 0 Å². The lowest BCUT2D eigenvalue weighted by Crippen LogP contribution is -2.48. The molecule has 1 unspecified atom stereocenters. The second kappa shape index (κ2) is 7.24. The molecule has 21 heavy (non-hydrogen) atoms. The summed E-state index contributed by atoms with van der Waals surface area (Å²) in [6, 6.07) is 2.54. The molecular formula is C13H16Cl2F2N2O2. The maximum Gasteiger partial charge on any atom is 0.387 e. The number of amides is 1. The molecule has 0 bridgehead atoms. The standard InChI is InChI=1S/C13H16Cl2F2N2O2/c1-3-4-13(2,18)11(20)19-7-5-8(14)10(9(15)6-7)21-12(16)17/h5-6,12H,3-4,18H2,1-2H3,(H,19,20). The van der Waals surface area contributed by atoms with Crippen molar-refractivity contribution in [3.8, 4) is 5.75 Å². The van der Waals surface area contributed by atoms with E-state index in [1.807, 2.05) is 6.92 Å². The van der Waals surface area contributed by atoms with Gasteiger partial charge in [0.2, 0.25) is 5.91 Å². The summed E-state index contributed by atoms with van der Waals surface area (Å²) in [7, 11) is 0. The highest BCUT2D eigenvalue weighted by atomic mass is 35.5. The van der Waals surface area contributed by atoms with E-state index in [-0.39, 0.29) is 21.5 Å². The second-order valence-electron chi connectivity index (χ2n) is 4.77. The van der Waals surface area contributed by atoms with Gasteiger partial charge < -0.3 is 15.8 Å². The molecule has 0 aliphatic heterocycles. The smallest absolute Gasteiger partial charge is 0.387 e. The third-order valence-corrected chi connectivity index (χ3v) is 3.31. The van der Waals surface area contributed by atoms with Crippen molar-refractivity contribution in [2.45, 2.75) is 38.8 Å². The number of halogens is 4. The molecule has 1 aromatic carbocycles. The molecule has 1 amide bonds. The van der Waals surface area contributed by atoms with Crippen molar-refractivity contribution in [2.75, 3.05) is 5.32 Å². The fourth-order valence-corrected chi connectivity index (χ4v) is 2.32. The second-order valence-corrected chi connectivity index (χ2v) is 5.58. The predicted octanol–water partition coefficient (Wildman–Crippen LogP) is 4.05. The lowest BCUT2D eigenvalue weighted by Gasteiger charge is -2.23. The van der Waals surface area contributed by atoms with Crippen LogP contribution in [0.25, 0.3) is 0 Å². The number of nitrogens with two attached hydrogens (primary N) is 1. The van der Waals surface area contributed by atoms with Gasteiger partial charge in [0.05, 0.1) is 15.6 Å². The Morgan fingerprint density at radius 3 is 2.38 bits per heavy atom. The Balaban J connectivity index is 2.94. The largest absolute Gasteiger partial charge is 0.432 e. The molecule has 0 aromatic heterocycles. The number of alkyl halides is 2. The van der Waals surface area contributed by atoms with Gasteiger partial charge in [0.1, 0.15) is 0 Å². The van der Waals surface area contributed by atoms with E-state index in [0.717, 1.165) is 6.42 Å². The quantitative estimate of drug-likeness (QED) is 0.820. The molecule has 118 valence electrons. The van der Waals surface area contributed by atoms with Gasteiger partial charge in [0.25, 0.3) is 0 Å². The summed E-state index contributed by atoms with van der Waals surface area (Å²) in [5.74, 6) is -0.755.